The number of carbonyl (C=O) groups excluding carboxylic acids is 3. The third-order valence-electron chi connectivity index (χ3n) is 3.82. The Morgan fingerprint density at radius 1 is 1.04 bits per heavy atom. The Kier molecular flexibility index (Phi) is 4.22. The van der Waals surface area contributed by atoms with Crippen LogP contribution in [0.1, 0.15) is 40.3 Å². The summed E-state index contributed by atoms with van der Waals surface area (Å²) in [4.78, 5) is 42.1. The molecule has 2 N–H and O–H groups in total. The lowest BCUT2D eigenvalue weighted by Crippen LogP contribution is -2.35. The van der Waals surface area contributed by atoms with Crippen molar-refractivity contribution in [3.8, 4) is 0 Å². The van der Waals surface area contributed by atoms with E-state index in [0.29, 0.717) is 22.6 Å². The maximum Gasteiger partial charge on any atom is 0.324 e. The van der Waals surface area contributed by atoms with Gasteiger partial charge >= 0.3 is 6.03 Å². The van der Waals surface area contributed by atoms with E-state index >= 15 is 0 Å². The highest BCUT2D eigenvalue weighted by atomic mass is 16.2. The molecule has 2 heterocycles. The van der Waals surface area contributed by atoms with E-state index in [1.54, 1.807) is 38.1 Å². The maximum absolute atomic E-state index is 12.4. The average molecular weight is 338 g/mol. The van der Waals surface area contributed by atoms with Gasteiger partial charge in [0.25, 0.3) is 11.8 Å². The van der Waals surface area contributed by atoms with E-state index in [2.05, 4.69) is 15.6 Å². The molecule has 1 aromatic heterocycles. The number of nitrogens with zero attached hydrogens (tertiary/aromatic N) is 2. The highest BCUT2D eigenvalue weighted by molar-refractivity contribution is 6.22. The van der Waals surface area contributed by atoms with Crippen LogP contribution in [0.25, 0.3) is 0 Å². The standard InChI is InChI=1S/C18H18N4O3/c1-10(2)22-16(23)13-8-7-12(9-14(13)17(22)24)20-18(25)21-15-6-4-5-11(3)19-15/h4-10H,1-3H3,(H2,19,20,21,25). The van der Waals surface area contributed by atoms with E-state index in [1.165, 1.54) is 11.0 Å². The van der Waals surface area contributed by atoms with Crippen molar-refractivity contribution in [2.75, 3.05) is 10.6 Å². The Labute approximate surface area is 145 Å². The van der Waals surface area contributed by atoms with Gasteiger partial charge in [0.05, 0.1) is 11.1 Å². The summed E-state index contributed by atoms with van der Waals surface area (Å²) in [7, 11) is 0. The first kappa shape index (κ1) is 16.6. The van der Waals surface area contributed by atoms with Crippen LogP contribution in [-0.4, -0.2) is 33.8 Å². The fraction of sp³-hybridized carbons (Fsp3) is 0.222. The number of fused-ring (bicyclic) bond motifs is 1. The SMILES string of the molecule is Cc1cccc(NC(=O)Nc2ccc3c(c2)C(=O)N(C(C)C)C3=O)n1. The number of carbonyl (C=O) groups is 3. The normalized spacial score (nSPS) is 13.2. The van der Waals surface area contributed by atoms with Gasteiger partial charge in [-0.3, -0.25) is 19.8 Å². The van der Waals surface area contributed by atoms with Gasteiger partial charge < -0.3 is 5.32 Å². The first-order valence-corrected chi connectivity index (χ1v) is 7.90. The van der Waals surface area contributed by atoms with Crippen LogP contribution in [0, 0.1) is 6.92 Å². The van der Waals surface area contributed by atoms with Crippen molar-refractivity contribution in [1.82, 2.24) is 9.88 Å². The van der Waals surface area contributed by atoms with Gasteiger partial charge in [0.2, 0.25) is 0 Å². The van der Waals surface area contributed by atoms with Gasteiger partial charge in [0, 0.05) is 17.4 Å². The third kappa shape index (κ3) is 3.21. The molecule has 0 aliphatic carbocycles. The van der Waals surface area contributed by atoms with E-state index in [4.69, 9.17) is 0 Å². The molecule has 0 saturated heterocycles. The summed E-state index contributed by atoms with van der Waals surface area (Å²) >= 11 is 0. The highest BCUT2D eigenvalue weighted by Gasteiger charge is 2.37. The number of imide groups is 1. The van der Waals surface area contributed by atoms with Crippen molar-refractivity contribution < 1.29 is 14.4 Å². The summed E-state index contributed by atoms with van der Waals surface area (Å²) in [6, 6.07) is 9.26. The van der Waals surface area contributed by atoms with Gasteiger partial charge in [-0.2, -0.15) is 0 Å². The molecule has 0 spiro atoms. The number of urea groups is 1. The molecular weight excluding hydrogens is 320 g/mol. The minimum absolute atomic E-state index is 0.223. The zero-order chi connectivity index (χ0) is 18.1. The quantitative estimate of drug-likeness (QED) is 0.842. The number of nitrogens with one attached hydrogen (secondary N) is 2. The minimum Gasteiger partial charge on any atom is -0.308 e. The van der Waals surface area contributed by atoms with Gasteiger partial charge in [0.1, 0.15) is 5.82 Å². The Morgan fingerprint density at radius 2 is 1.76 bits per heavy atom. The number of rotatable bonds is 3. The van der Waals surface area contributed by atoms with Crippen LogP contribution in [-0.2, 0) is 0 Å². The van der Waals surface area contributed by atoms with Crippen LogP contribution >= 0.6 is 0 Å². The van der Waals surface area contributed by atoms with Crippen LogP contribution in [0.5, 0.6) is 0 Å². The lowest BCUT2D eigenvalue weighted by molar-refractivity contribution is 0.0609. The molecule has 2 aromatic rings. The van der Waals surface area contributed by atoms with E-state index < -0.39 is 6.03 Å². The zero-order valence-electron chi connectivity index (χ0n) is 14.2. The van der Waals surface area contributed by atoms with Gasteiger partial charge in [-0.1, -0.05) is 6.07 Å². The van der Waals surface area contributed by atoms with Crippen LogP contribution in [0.2, 0.25) is 0 Å². The molecule has 0 radical (unpaired) electrons. The molecule has 7 heteroatoms. The largest absolute Gasteiger partial charge is 0.324 e. The third-order valence-corrected chi connectivity index (χ3v) is 3.82. The molecule has 128 valence electrons. The van der Waals surface area contributed by atoms with Crippen molar-refractivity contribution in [2.45, 2.75) is 26.8 Å². The summed E-state index contributed by atoms with van der Waals surface area (Å²) in [5.41, 5.74) is 1.86. The van der Waals surface area contributed by atoms with Crippen molar-refractivity contribution in [3.63, 3.8) is 0 Å². The Balaban J connectivity index is 1.77. The molecule has 0 atom stereocenters. The van der Waals surface area contributed by atoms with Crippen molar-refractivity contribution >= 4 is 29.4 Å². The number of hydrogen-bond acceptors (Lipinski definition) is 4. The number of aryl methyl sites for hydroxylation is 1. The highest BCUT2D eigenvalue weighted by Crippen LogP contribution is 2.27. The van der Waals surface area contributed by atoms with E-state index in [1.807, 2.05) is 13.0 Å². The van der Waals surface area contributed by atoms with Crippen molar-refractivity contribution in [3.05, 3.63) is 53.2 Å². The summed E-state index contributed by atoms with van der Waals surface area (Å²) in [6.45, 7) is 5.39. The Morgan fingerprint density at radius 3 is 2.44 bits per heavy atom. The molecule has 0 fully saturated rings. The van der Waals surface area contributed by atoms with Gasteiger partial charge in [-0.05, 0) is 51.1 Å². The molecular formula is C18H18N4O3. The number of anilines is 2. The van der Waals surface area contributed by atoms with Gasteiger partial charge in [-0.25, -0.2) is 9.78 Å². The van der Waals surface area contributed by atoms with E-state index in [9.17, 15) is 14.4 Å². The molecule has 25 heavy (non-hydrogen) atoms. The van der Waals surface area contributed by atoms with Crippen LogP contribution in [0.15, 0.2) is 36.4 Å². The second kappa shape index (κ2) is 6.35. The summed E-state index contributed by atoms with van der Waals surface area (Å²) in [6.07, 6.45) is 0. The van der Waals surface area contributed by atoms with Crippen molar-refractivity contribution in [1.29, 1.82) is 0 Å². The second-order valence-electron chi connectivity index (χ2n) is 6.08. The number of aromatic nitrogens is 1. The number of pyridine rings is 1. The topological polar surface area (TPSA) is 91.4 Å². The molecule has 0 saturated carbocycles. The summed E-state index contributed by atoms with van der Waals surface area (Å²) in [5, 5.41) is 5.27. The zero-order valence-corrected chi connectivity index (χ0v) is 14.2. The van der Waals surface area contributed by atoms with Crippen LogP contribution < -0.4 is 10.6 Å². The molecule has 0 bridgehead atoms. The molecule has 0 unspecified atom stereocenters. The predicted octanol–water partition coefficient (Wildman–Crippen LogP) is 3.04. The monoisotopic (exact) mass is 338 g/mol. The number of amides is 4. The molecule has 7 nitrogen and oxygen atoms in total. The Hall–Kier alpha value is -3.22. The Bertz CT molecular complexity index is 876. The van der Waals surface area contributed by atoms with Gasteiger partial charge in [-0.15, -0.1) is 0 Å². The molecule has 1 aromatic carbocycles. The summed E-state index contributed by atoms with van der Waals surface area (Å²) in [5.74, 6) is -0.231. The predicted molar refractivity (Wildman–Crippen MR) is 93.7 cm³/mol. The smallest absolute Gasteiger partial charge is 0.308 e. The summed E-state index contributed by atoms with van der Waals surface area (Å²) < 4.78 is 0. The number of hydrogen-bond donors (Lipinski definition) is 2. The average Bonchev–Trinajstić information content (AvgIpc) is 2.78. The lowest BCUT2D eigenvalue weighted by Gasteiger charge is -2.17. The number of benzene rings is 1. The molecule has 1 aliphatic rings. The second-order valence-corrected chi connectivity index (χ2v) is 6.08. The molecule has 3 rings (SSSR count). The van der Waals surface area contributed by atoms with Crippen LogP contribution in [0.3, 0.4) is 0 Å². The fourth-order valence-corrected chi connectivity index (χ4v) is 2.70. The van der Waals surface area contributed by atoms with Gasteiger partial charge in [0.15, 0.2) is 0 Å². The first-order chi connectivity index (χ1) is 11.9. The minimum atomic E-state index is -0.476. The maximum atomic E-state index is 12.4. The van der Waals surface area contributed by atoms with Crippen molar-refractivity contribution in [2.24, 2.45) is 0 Å². The molecule has 4 amide bonds. The van der Waals surface area contributed by atoms with E-state index in [-0.39, 0.29) is 17.9 Å². The van der Waals surface area contributed by atoms with E-state index in [0.717, 1.165) is 5.69 Å². The fourth-order valence-electron chi connectivity index (χ4n) is 2.70. The lowest BCUT2D eigenvalue weighted by atomic mass is 10.1. The molecule has 1 aliphatic heterocycles. The van der Waals surface area contributed by atoms with Crippen LogP contribution in [0.4, 0.5) is 16.3 Å². The first-order valence-electron chi connectivity index (χ1n) is 7.90.